The number of rotatable bonds is 4. The maximum Gasteiger partial charge on any atom is 0.126 e. The molecule has 84 valence electrons. The summed E-state index contributed by atoms with van der Waals surface area (Å²) in [4.78, 5) is 4.52. The van der Waals surface area contributed by atoms with Crippen molar-refractivity contribution in [3.8, 4) is 0 Å². The fourth-order valence-electron chi connectivity index (χ4n) is 1.59. The summed E-state index contributed by atoms with van der Waals surface area (Å²) in [6.45, 7) is 2.87. The Bertz CT molecular complexity index is 465. The van der Waals surface area contributed by atoms with E-state index in [-0.39, 0.29) is 6.04 Å². The molecule has 0 spiro atoms. The van der Waals surface area contributed by atoms with Crippen molar-refractivity contribution >= 4 is 16.7 Å². The summed E-state index contributed by atoms with van der Waals surface area (Å²) < 4.78 is 0. The fraction of sp³-hybridized carbons (Fsp3) is 0.308. The van der Waals surface area contributed by atoms with Crippen LogP contribution in [0.3, 0.4) is 0 Å². The van der Waals surface area contributed by atoms with Crippen LogP contribution in [-0.4, -0.2) is 17.6 Å². The number of pyridine rings is 1. The average Bonchev–Trinajstić information content (AvgIpc) is 2.28. The van der Waals surface area contributed by atoms with Crippen molar-refractivity contribution in [2.24, 2.45) is 5.73 Å². The van der Waals surface area contributed by atoms with Crippen LogP contribution in [0.1, 0.15) is 13.3 Å². The number of nitrogens with zero attached hydrogens (tertiary/aromatic N) is 1. The number of fused-ring (bicyclic) bond motifs is 1. The van der Waals surface area contributed by atoms with Crippen molar-refractivity contribution in [3.63, 3.8) is 0 Å². The Morgan fingerprint density at radius 1 is 1.25 bits per heavy atom. The van der Waals surface area contributed by atoms with Crippen molar-refractivity contribution < 1.29 is 0 Å². The molecule has 1 atom stereocenters. The van der Waals surface area contributed by atoms with E-state index in [1.807, 2.05) is 31.2 Å². The zero-order valence-electron chi connectivity index (χ0n) is 9.48. The van der Waals surface area contributed by atoms with E-state index in [0.717, 1.165) is 24.3 Å². The molecule has 3 N–H and O–H groups in total. The van der Waals surface area contributed by atoms with Gasteiger partial charge in [0.25, 0.3) is 0 Å². The molecule has 0 aliphatic rings. The molecule has 0 saturated heterocycles. The van der Waals surface area contributed by atoms with Crippen LogP contribution in [0.15, 0.2) is 36.4 Å². The monoisotopic (exact) mass is 215 g/mol. The summed E-state index contributed by atoms with van der Waals surface area (Å²) in [5.41, 5.74) is 6.71. The van der Waals surface area contributed by atoms with Crippen LogP contribution in [0, 0.1) is 0 Å². The third-order valence-corrected chi connectivity index (χ3v) is 2.50. The van der Waals surface area contributed by atoms with Gasteiger partial charge in [0.1, 0.15) is 5.82 Å². The zero-order chi connectivity index (χ0) is 11.4. The Morgan fingerprint density at radius 3 is 2.88 bits per heavy atom. The molecular weight excluding hydrogens is 198 g/mol. The highest BCUT2D eigenvalue weighted by Gasteiger charge is 1.98. The molecule has 2 rings (SSSR count). The van der Waals surface area contributed by atoms with Gasteiger partial charge in [-0.2, -0.15) is 0 Å². The van der Waals surface area contributed by atoms with Gasteiger partial charge in [-0.15, -0.1) is 0 Å². The first-order valence-corrected chi connectivity index (χ1v) is 5.61. The molecule has 0 bridgehead atoms. The number of hydrogen-bond acceptors (Lipinski definition) is 3. The molecule has 0 aliphatic carbocycles. The molecule has 1 aromatic carbocycles. The molecule has 1 unspecified atom stereocenters. The Hall–Kier alpha value is -1.61. The summed E-state index contributed by atoms with van der Waals surface area (Å²) in [5.74, 6) is 0.916. The van der Waals surface area contributed by atoms with Gasteiger partial charge in [-0.05, 0) is 31.5 Å². The summed E-state index contributed by atoms with van der Waals surface area (Å²) >= 11 is 0. The molecular formula is C13H17N3. The first-order chi connectivity index (χ1) is 7.75. The fourth-order valence-corrected chi connectivity index (χ4v) is 1.59. The average molecular weight is 215 g/mol. The molecule has 16 heavy (non-hydrogen) atoms. The number of nitrogens with two attached hydrogens (primary N) is 1. The standard InChI is InChI=1S/C13H17N3/c1-10(14)8-9-15-13-7-6-11-4-2-3-5-12(11)16-13/h2-7,10H,8-9,14H2,1H3,(H,15,16). The minimum absolute atomic E-state index is 0.230. The Morgan fingerprint density at radius 2 is 2.06 bits per heavy atom. The second kappa shape index (κ2) is 4.94. The van der Waals surface area contributed by atoms with Crippen LogP contribution >= 0.6 is 0 Å². The Labute approximate surface area is 95.7 Å². The lowest BCUT2D eigenvalue weighted by molar-refractivity contribution is 0.689. The van der Waals surface area contributed by atoms with Crippen LogP contribution in [-0.2, 0) is 0 Å². The zero-order valence-corrected chi connectivity index (χ0v) is 9.48. The van der Waals surface area contributed by atoms with Gasteiger partial charge in [-0.25, -0.2) is 4.98 Å². The highest BCUT2D eigenvalue weighted by Crippen LogP contribution is 2.14. The smallest absolute Gasteiger partial charge is 0.126 e. The van der Waals surface area contributed by atoms with Crippen LogP contribution in [0.5, 0.6) is 0 Å². The summed E-state index contributed by atoms with van der Waals surface area (Å²) in [6, 6.07) is 12.4. The summed E-state index contributed by atoms with van der Waals surface area (Å²) in [7, 11) is 0. The Balaban J connectivity index is 2.08. The van der Waals surface area contributed by atoms with Gasteiger partial charge in [0.15, 0.2) is 0 Å². The summed E-state index contributed by atoms with van der Waals surface area (Å²) in [5, 5.41) is 4.44. The second-order valence-corrected chi connectivity index (χ2v) is 4.08. The van der Waals surface area contributed by atoms with Gasteiger partial charge < -0.3 is 11.1 Å². The van der Waals surface area contributed by atoms with E-state index in [2.05, 4.69) is 22.4 Å². The quantitative estimate of drug-likeness (QED) is 0.823. The number of benzene rings is 1. The highest BCUT2D eigenvalue weighted by molar-refractivity contribution is 5.79. The first kappa shape index (κ1) is 10.9. The number of aromatic nitrogens is 1. The van der Waals surface area contributed by atoms with Crippen LogP contribution in [0.25, 0.3) is 10.9 Å². The lowest BCUT2D eigenvalue weighted by atomic mass is 10.2. The SMILES string of the molecule is CC(N)CCNc1ccc2ccccc2n1. The van der Waals surface area contributed by atoms with Crippen molar-refractivity contribution in [3.05, 3.63) is 36.4 Å². The molecule has 3 heteroatoms. The number of anilines is 1. The van der Waals surface area contributed by atoms with E-state index in [1.165, 1.54) is 5.39 Å². The van der Waals surface area contributed by atoms with Crippen LogP contribution in [0.4, 0.5) is 5.82 Å². The normalized spacial score (nSPS) is 12.6. The number of hydrogen-bond donors (Lipinski definition) is 2. The van der Waals surface area contributed by atoms with E-state index in [0.29, 0.717) is 0 Å². The van der Waals surface area contributed by atoms with Gasteiger partial charge in [0, 0.05) is 18.0 Å². The Kier molecular flexibility index (Phi) is 3.37. The van der Waals surface area contributed by atoms with Crippen molar-refractivity contribution in [2.45, 2.75) is 19.4 Å². The van der Waals surface area contributed by atoms with Crippen molar-refractivity contribution in [1.82, 2.24) is 4.98 Å². The predicted octanol–water partition coefficient (Wildman–Crippen LogP) is 2.38. The lowest BCUT2D eigenvalue weighted by Crippen LogP contribution is -2.19. The van der Waals surface area contributed by atoms with E-state index in [1.54, 1.807) is 0 Å². The molecule has 0 aliphatic heterocycles. The minimum Gasteiger partial charge on any atom is -0.370 e. The summed E-state index contributed by atoms with van der Waals surface area (Å²) in [6.07, 6.45) is 0.953. The van der Waals surface area contributed by atoms with E-state index in [4.69, 9.17) is 5.73 Å². The molecule has 0 radical (unpaired) electrons. The predicted molar refractivity (Wildman–Crippen MR) is 68.5 cm³/mol. The molecule has 0 amide bonds. The largest absolute Gasteiger partial charge is 0.370 e. The molecule has 2 aromatic rings. The molecule has 3 nitrogen and oxygen atoms in total. The topological polar surface area (TPSA) is 50.9 Å². The molecule has 0 fully saturated rings. The van der Waals surface area contributed by atoms with Crippen molar-refractivity contribution in [1.29, 1.82) is 0 Å². The van der Waals surface area contributed by atoms with Crippen molar-refractivity contribution in [2.75, 3.05) is 11.9 Å². The second-order valence-electron chi connectivity index (χ2n) is 4.08. The van der Waals surface area contributed by atoms with Gasteiger partial charge >= 0.3 is 0 Å². The van der Waals surface area contributed by atoms with Gasteiger partial charge in [-0.1, -0.05) is 18.2 Å². The molecule has 1 heterocycles. The van der Waals surface area contributed by atoms with Gasteiger partial charge in [0.2, 0.25) is 0 Å². The molecule has 0 saturated carbocycles. The van der Waals surface area contributed by atoms with E-state index >= 15 is 0 Å². The minimum atomic E-state index is 0.230. The number of nitrogens with one attached hydrogen (secondary N) is 1. The molecule has 1 aromatic heterocycles. The van der Waals surface area contributed by atoms with Gasteiger partial charge in [-0.3, -0.25) is 0 Å². The third-order valence-electron chi connectivity index (χ3n) is 2.50. The van der Waals surface area contributed by atoms with E-state index < -0.39 is 0 Å². The first-order valence-electron chi connectivity index (χ1n) is 5.61. The van der Waals surface area contributed by atoms with Gasteiger partial charge in [0.05, 0.1) is 5.52 Å². The number of para-hydroxylation sites is 1. The maximum atomic E-state index is 5.69. The third kappa shape index (κ3) is 2.70. The van der Waals surface area contributed by atoms with E-state index in [9.17, 15) is 0 Å². The maximum absolute atomic E-state index is 5.69. The van der Waals surface area contributed by atoms with Crippen LogP contribution < -0.4 is 11.1 Å². The van der Waals surface area contributed by atoms with Crippen LogP contribution in [0.2, 0.25) is 0 Å². The highest BCUT2D eigenvalue weighted by atomic mass is 15.0. The lowest BCUT2D eigenvalue weighted by Gasteiger charge is -2.08.